The van der Waals surface area contributed by atoms with Gasteiger partial charge >= 0.3 is 15.5 Å². The monoisotopic (exact) mass is 662 g/mol. The molecule has 0 saturated carbocycles. The zero-order chi connectivity index (χ0) is 33.2. The van der Waals surface area contributed by atoms with Crippen molar-refractivity contribution in [1.82, 2.24) is 9.34 Å². The normalized spacial score (nSPS) is 14.6. The highest BCUT2D eigenvalue weighted by Gasteiger charge is 2.45. The van der Waals surface area contributed by atoms with E-state index in [0.29, 0.717) is 23.0 Å². The van der Waals surface area contributed by atoms with Gasteiger partial charge in [0.2, 0.25) is 0 Å². The molecule has 0 atom stereocenters. The van der Waals surface area contributed by atoms with Crippen LogP contribution in [0.2, 0.25) is 0 Å². The lowest BCUT2D eigenvalue weighted by Gasteiger charge is -2.39. The van der Waals surface area contributed by atoms with Gasteiger partial charge in [0.05, 0.1) is 0 Å². The molecule has 4 aromatic carbocycles. The van der Waals surface area contributed by atoms with Crippen molar-refractivity contribution in [2.24, 2.45) is 0 Å². The summed E-state index contributed by atoms with van der Waals surface area (Å²) in [7, 11) is -7.84. The molecule has 0 spiro atoms. The molecule has 0 aromatic heterocycles. The lowest BCUT2D eigenvalue weighted by Crippen LogP contribution is -2.45. The molecule has 1 saturated heterocycles. The third kappa shape index (κ3) is 8.43. The van der Waals surface area contributed by atoms with Crippen LogP contribution in [0.1, 0.15) is 44.5 Å². The zero-order valence-corrected chi connectivity index (χ0v) is 29.8. The molecule has 1 heterocycles. The van der Waals surface area contributed by atoms with Crippen LogP contribution < -0.4 is 18.1 Å². The van der Waals surface area contributed by atoms with E-state index in [4.69, 9.17) is 18.1 Å². The number of hydrogen-bond donors (Lipinski definition) is 0. The second-order valence-corrected chi connectivity index (χ2v) is 16.2. The Hall–Kier alpha value is -3.54. The van der Waals surface area contributed by atoms with Crippen LogP contribution in [0.3, 0.4) is 0 Å². The first-order valence-electron chi connectivity index (χ1n) is 15.5. The molecule has 0 unspecified atom stereocenters. The Labute approximate surface area is 273 Å². The van der Waals surface area contributed by atoms with E-state index in [1.54, 1.807) is 9.34 Å². The number of benzene rings is 4. The first kappa shape index (κ1) is 33.8. The van der Waals surface area contributed by atoms with Crippen molar-refractivity contribution in [2.75, 3.05) is 26.2 Å². The molecular weight excluding hydrogens is 618 g/mol. The summed E-state index contributed by atoms with van der Waals surface area (Å²) in [5.41, 5.74) is 7.93. The van der Waals surface area contributed by atoms with Gasteiger partial charge in [-0.05, 0) is 148 Å². The van der Waals surface area contributed by atoms with Gasteiger partial charge in [-0.15, -0.1) is 0 Å². The molecule has 0 amide bonds. The molecule has 0 aliphatic carbocycles. The van der Waals surface area contributed by atoms with Crippen molar-refractivity contribution in [3.05, 3.63) is 117 Å². The Morgan fingerprint density at radius 2 is 0.543 bits per heavy atom. The molecule has 0 N–H and O–H groups in total. The maximum absolute atomic E-state index is 14.8. The van der Waals surface area contributed by atoms with Crippen LogP contribution in [0.4, 0.5) is 0 Å². The fourth-order valence-electron chi connectivity index (χ4n) is 5.92. The summed E-state index contributed by atoms with van der Waals surface area (Å²) in [5.74, 6) is 1.87. The second kappa shape index (κ2) is 13.7. The molecular formula is C36H44N2O6P2. The van der Waals surface area contributed by atoms with Crippen LogP contribution in [0, 0.1) is 55.4 Å². The van der Waals surface area contributed by atoms with Crippen LogP contribution in [-0.4, -0.2) is 35.5 Å². The van der Waals surface area contributed by atoms with E-state index in [9.17, 15) is 9.13 Å². The first-order chi connectivity index (χ1) is 21.7. The number of aryl methyl sites for hydroxylation is 8. The summed E-state index contributed by atoms with van der Waals surface area (Å²) < 4.78 is 58.0. The quantitative estimate of drug-likeness (QED) is 0.155. The van der Waals surface area contributed by atoms with Crippen LogP contribution in [0.5, 0.6) is 23.0 Å². The van der Waals surface area contributed by atoms with Crippen LogP contribution in [0.15, 0.2) is 72.8 Å². The Morgan fingerprint density at radius 3 is 0.717 bits per heavy atom. The van der Waals surface area contributed by atoms with E-state index < -0.39 is 15.5 Å². The standard InChI is InChI=1S/C36H44N2O6P2/c1-25-13-26(2)18-33(17-25)41-45(39,42-34-19-27(3)14-28(4)20-34)37-9-11-38(12-10-37)46(40,43-35-21-29(5)15-30(6)22-35)44-36-23-31(7)16-32(8)24-36/h13-24H,9-12H2,1-8H3. The van der Waals surface area contributed by atoms with Gasteiger partial charge in [0, 0.05) is 26.2 Å². The van der Waals surface area contributed by atoms with Gasteiger partial charge in [0.15, 0.2) is 0 Å². The van der Waals surface area contributed by atoms with E-state index in [0.717, 1.165) is 44.5 Å². The Bertz CT molecular complexity index is 1500. The summed E-state index contributed by atoms with van der Waals surface area (Å²) in [6.07, 6.45) is 0. The van der Waals surface area contributed by atoms with E-state index in [1.807, 2.05) is 128 Å². The van der Waals surface area contributed by atoms with Gasteiger partial charge in [-0.3, -0.25) is 0 Å². The highest BCUT2D eigenvalue weighted by Crippen LogP contribution is 2.56. The van der Waals surface area contributed by atoms with Crippen molar-refractivity contribution < 1.29 is 27.2 Å². The first-order valence-corrected chi connectivity index (χ1v) is 18.5. The van der Waals surface area contributed by atoms with Gasteiger partial charge < -0.3 is 18.1 Å². The van der Waals surface area contributed by atoms with E-state index in [2.05, 4.69) is 0 Å². The Balaban J connectivity index is 1.45. The van der Waals surface area contributed by atoms with Crippen molar-refractivity contribution in [2.45, 2.75) is 55.4 Å². The smallest absolute Gasteiger partial charge is 0.404 e. The lowest BCUT2D eigenvalue weighted by molar-refractivity contribution is 0.194. The van der Waals surface area contributed by atoms with Crippen molar-refractivity contribution in [1.29, 1.82) is 0 Å². The number of nitrogens with zero attached hydrogens (tertiary/aromatic N) is 2. The fraction of sp³-hybridized carbons (Fsp3) is 0.333. The summed E-state index contributed by atoms with van der Waals surface area (Å²) in [6.45, 7) is 16.7. The van der Waals surface area contributed by atoms with Gasteiger partial charge in [0.1, 0.15) is 23.0 Å². The molecule has 4 aromatic rings. The fourth-order valence-corrected chi connectivity index (χ4v) is 9.28. The van der Waals surface area contributed by atoms with Gasteiger partial charge in [-0.2, -0.15) is 9.34 Å². The molecule has 8 nitrogen and oxygen atoms in total. The topological polar surface area (TPSA) is 77.5 Å². The minimum atomic E-state index is -3.92. The second-order valence-electron chi connectivity index (χ2n) is 12.5. The minimum Gasteiger partial charge on any atom is -0.404 e. The van der Waals surface area contributed by atoms with Gasteiger partial charge in [0.25, 0.3) is 0 Å². The third-order valence-electron chi connectivity index (χ3n) is 7.59. The molecule has 0 bridgehead atoms. The largest absolute Gasteiger partial charge is 0.515 e. The number of rotatable bonds is 10. The Morgan fingerprint density at radius 1 is 0.370 bits per heavy atom. The average Bonchev–Trinajstić information content (AvgIpc) is 2.90. The van der Waals surface area contributed by atoms with Gasteiger partial charge in [-0.1, -0.05) is 24.3 Å². The molecule has 1 fully saturated rings. The molecule has 46 heavy (non-hydrogen) atoms. The molecule has 0 radical (unpaired) electrons. The van der Waals surface area contributed by atoms with E-state index in [1.165, 1.54) is 0 Å². The molecule has 10 heteroatoms. The van der Waals surface area contributed by atoms with Crippen LogP contribution >= 0.6 is 15.5 Å². The minimum absolute atomic E-state index is 0.239. The summed E-state index contributed by atoms with van der Waals surface area (Å²) in [5, 5.41) is 0. The number of piperazine rings is 1. The SMILES string of the molecule is Cc1cc(C)cc(OP(=O)(Oc2cc(C)cc(C)c2)N2CCN(P(=O)(Oc3cc(C)cc(C)c3)Oc3cc(C)cc(C)c3)CC2)c1. The summed E-state index contributed by atoms with van der Waals surface area (Å²) in [4.78, 5) is 0. The molecule has 1 aliphatic heterocycles. The van der Waals surface area contributed by atoms with Crippen LogP contribution in [0.25, 0.3) is 0 Å². The van der Waals surface area contributed by atoms with E-state index in [-0.39, 0.29) is 26.2 Å². The van der Waals surface area contributed by atoms with E-state index >= 15 is 0 Å². The summed E-state index contributed by atoms with van der Waals surface area (Å²) in [6, 6.07) is 22.9. The van der Waals surface area contributed by atoms with Crippen molar-refractivity contribution in [3.8, 4) is 23.0 Å². The van der Waals surface area contributed by atoms with Crippen molar-refractivity contribution in [3.63, 3.8) is 0 Å². The zero-order valence-electron chi connectivity index (χ0n) is 28.0. The number of hydrogen-bond acceptors (Lipinski definition) is 6. The Kier molecular flexibility index (Phi) is 10.0. The molecule has 244 valence electrons. The maximum Gasteiger partial charge on any atom is 0.515 e. The summed E-state index contributed by atoms with van der Waals surface area (Å²) >= 11 is 0. The highest BCUT2D eigenvalue weighted by atomic mass is 31.2. The van der Waals surface area contributed by atoms with Crippen molar-refractivity contribution >= 4 is 15.5 Å². The molecule has 5 rings (SSSR count). The predicted molar refractivity (Wildman–Crippen MR) is 185 cm³/mol. The van der Waals surface area contributed by atoms with Gasteiger partial charge in [-0.25, -0.2) is 9.13 Å². The molecule has 1 aliphatic rings. The predicted octanol–water partition coefficient (Wildman–Crippen LogP) is 9.60. The maximum atomic E-state index is 14.8. The average molecular weight is 663 g/mol. The lowest BCUT2D eigenvalue weighted by atomic mass is 10.1. The third-order valence-corrected chi connectivity index (χ3v) is 11.5. The highest BCUT2D eigenvalue weighted by molar-refractivity contribution is 7.52. The van der Waals surface area contributed by atoms with Crippen LogP contribution in [-0.2, 0) is 9.13 Å².